The van der Waals surface area contributed by atoms with Crippen LogP contribution in [0.1, 0.15) is 5.56 Å². The van der Waals surface area contributed by atoms with Gasteiger partial charge in [0.1, 0.15) is 11.8 Å². The lowest BCUT2D eigenvalue weighted by Gasteiger charge is -2.08. The van der Waals surface area contributed by atoms with Gasteiger partial charge in [-0.2, -0.15) is 19.1 Å². The zero-order valence-electron chi connectivity index (χ0n) is 9.55. The van der Waals surface area contributed by atoms with Crippen molar-refractivity contribution in [2.24, 2.45) is 0 Å². The summed E-state index contributed by atoms with van der Waals surface area (Å²) in [4.78, 5) is 0. The van der Waals surface area contributed by atoms with E-state index in [1.54, 1.807) is 0 Å². The monoisotopic (exact) mass is 262 g/mol. The maximum Gasteiger partial charge on any atom is 0.387 e. The highest BCUT2D eigenvalue weighted by Crippen LogP contribution is 2.21. The average Bonchev–Trinajstić information content (AvgIpc) is 2.41. The molecule has 0 atom stereocenters. The number of alkyl halides is 2. The smallest absolute Gasteiger partial charge is 0.387 e. The topological polar surface area (TPSA) is 70.8 Å². The minimum Gasteiger partial charge on any atom is -0.435 e. The minimum atomic E-state index is -2.86. The SMILES string of the molecule is N#Cc1ccnnc1Nc1ccc(OC(F)F)cc1. The summed E-state index contributed by atoms with van der Waals surface area (Å²) in [5, 5.41) is 19.2. The molecule has 0 aliphatic heterocycles. The van der Waals surface area contributed by atoms with E-state index < -0.39 is 6.61 Å². The molecule has 1 N–H and O–H groups in total. The molecule has 19 heavy (non-hydrogen) atoms. The van der Waals surface area contributed by atoms with Gasteiger partial charge in [-0.3, -0.25) is 0 Å². The molecule has 5 nitrogen and oxygen atoms in total. The van der Waals surface area contributed by atoms with Crippen molar-refractivity contribution in [1.29, 1.82) is 5.26 Å². The van der Waals surface area contributed by atoms with E-state index in [0.29, 0.717) is 17.1 Å². The van der Waals surface area contributed by atoms with E-state index in [9.17, 15) is 8.78 Å². The predicted octanol–water partition coefficient (Wildman–Crippen LogP) is 2.69. The van der Waals surface area contributed by atoms with Crippen LogP contribution < -0.4 is 10.1 Å². The maximum atomic E-state index is 12.0. The van der Waals surface area contributed by atoms with Crippen molar-refractivity contribution in [3.8, 4) is 11.8 Å². The molecule has 2 aromatic rings. The van der Waals surface area contributed by atoms with Crippen molar-refractivity contribution in [1.82, 2.24) is 10.2 Å². The molecular weight excluding hydrogens is 254 g/mol. The zero-order valence-corrected chi connectivity index (χ0v) is 9.55. The first-order valence-corrected chi connectivity index (χ1v) is 5.23. The second kappa shape index (κ2) is 5.73. The van der Waals surface area contributed by atoms with E-state index in [1.165, 1.54) is 36.5 Å². The second-order valence-corrected chi connectivity index (χ2v) is 3.43. The van der Waals surface area contributed by atoms with E-state index in [0.717, 1.165) is 0 Å². The average molecular weight is 262 g/mol. The van der Waals surface area contributed by atoms with Gasteiger partial charge >= 0.3 is 6.61 Å². The van der Waals surface area contributed by atoms with Crippen LogP contribution in [0.15, 0.2) is 36.5 Å². The van der Waals surface area contributed by atoms with Gasteiger partial charge in [0.15, 0.2) is 5.82 Å². The van der Waals surface area contributed by atoms with Gasteiger partial charge in [0.2, 0.25) is 0 Å². The Balaban J connectivity index is 2.13. The summed E-state index contributed by atoms with van der Waals surface area (Å²) >= 11 is 0. The van der Waals surface area contributed by atoms with Crippen molar-refractivity contribution in [3.05, 3.63) is 42.1 Å². The molecule has 0 saturated carbocycles. The first-order chi connectivity index (χ1) is 9.19. The fourth-order valence-corrected chi connectivity index (χ4v) is 1.37. The molecule has 0 fully saturated rings. The summed E-state index contributed by atoms with van der Waals surface area (Å²) in [6.45, 7) is -2.86. The van der Waals surface area contributed by atoms with Crippen LogP contribution in [-0.4, -0.2) is 16.8 Å². The van der Waals surface area contributed by atoms with Crippen LogP contribution in [-0.2, 0) is 0 Å². The highest BCUT2D eigenvalue weighted by molar-refractivity contribution is 5.62. The number of nitrogens with one attached hydrogen (secondary N) is 1. The molecule has 1 heterocycles. The number of rotatable bonds is 4. The Hall–Kier alpha value is -2.75. The Morgan fingerprint density at radius 1 is 1.21 bits per heavy atom. The largest absolute Gasteiger partial charge is 0.435 e. The molecular formula is C12H8F2N4O. The second-order valence-electron chi connectivity index (χ2n) is 3.43. The van der Waals surface area contributed by atoms with Crippen LogP contribution in [0.2, 0.25) is 0 Å². The fraction of sp³-hybridized carbons (Fsp3) is 0.0833. The molecule has 0 aliphatic carbocycles. The van der Waals surface area contributed by atoms with Gasteiger partial charge in [-0.05, 0) is 30.3 Å². The third-order valence-corrected chi connectivity index (χ3v) is 2.18. The summed E-state index contributed by atoms with van der Waals surface area (Å²) < 4.78 is 28.2. The van der Waals surface area contributed by atoms with Gasteiger partial charge in [-0.25, -0.2) is 0 Å². The number of nitriles is 1. The summed E-state index contributed by atoms with van der Waals surface area (Å²) in [7, 11) is 0. The van der Waals surface area contributed by atoms with Crippen LogP contribution in [0, 0.1) is 11.3 Å². The quantitative estimate of drug-likeness (QED) is 0.917. The molecule has 0 radical (unpaired) electrons. The molecule has 1 aromatic carbocycles. The summed E-state index contributed by atoms with van der Waals surface area (Å²) in [5.41, 5.74) is 0.918. The molecule has 1 aromatic heterocycles. The molecule has 7 heteroatoms. The predicted molar refractivity (Wildman–Crippen MR) is 63.1 cm³/mol. The Morgan fingerprint density at radius 3 is 2.58 bits per heavy atom. The van der Waals surface area contributed by atoms with Crippen LogP contribution in [0.5, 0.6) is 5.75 Å². The van der Waals surface area contributed by atoms with Crippen LogP contribution in [0.3, 0.4) is 0 Å². The molecule has 0 amide bonds. The van der Waals surface area contributed by atoms with Crippen LogP contribution in [0.25, 0.3) is 0 Å². The van der Waals surface area contributed by atoms with E-state index in [4.69, 9.17) is 5.26 Å². The van der Waals surface area contributed by atoms with Gasteiger partial charge in [0.25, 0.3) is 0 Å². The van der Waals surface area contributed by atoms with E-state index in [2.05, 4.69) is 20.3 Å². The molecule has 0 aliphatic rings. The Bertz CT molecular complexity index is 595. The summed E-state index contributed by atoms with van der Waals surface area (Å²) in [6.07, 6.45) is 1.41. The number of hydrogen-bond acceptors (Lipinski definition) is 5. The van der Waals surface area contributed by atoms with Gasteiger partial charge in [0, 0.05) is 5.69 Å². The molecule has 0 unspecified atom stereocenters. The molecule has 0 spiro atoms. The molecule has 0 bridgehead atoms. The van der Waals surface area contributed by atoms with Crippen LogP contribution >= 0.6 is 0 Å². The van der Waals surface area contributed by atoms with E-state index in [1.807, 2.05) is 6.07 Å². The number of benzene rings is 1. The Labute approximate surface area is 107 Å². The fourth-order valence-electron chi connectivity index (χ4n) is 1.37. The molecule has 96 valence electrons. The van der Waals surface area contributed by atoms with Gasteiger partial charge in [-0.1, -0.05) is 0 Å². The first-order valence-electron chi connectivity index (χ1n) is 5.23. The number of ether oxygens (including phenoxy) is 1. The number of anilines is 2. The molecule has 0 saturated heterocycles. The highest BCUT2D eigenvalue weighted by atomic mass is 19.3. The van der Waals surface area contributed by atoms with Crippen molar-refractivity contribution in [3.63, 3.8) is 0 Å². The lowest BCUT2D eigenvalue weighted by molar-refractivity contribution is -0.0498. The van der Waals surface area contributed by atoms with E-state index in [-0.39, 0.29) is 5.75 Å². The maximum absolute atomic E-state index is 12.0. The Morgan fingerprint density at radius 2 is 1.95 bits per heavy atom. The first kappa shape index (κ1) is 12.7. The number of aromatic nitrogens is 2. The summed E-state index contributed by atoms with van der Waals surface area (Å²) in [5.74, 6) is 0.354. The normalized spacial score (nSPS) is 10.0. The summed E-state index contributed by atoms with van der Waals surface area (Å²) in [6, 6.07) is 9.32. The zero-order chi connectivity index (χ0) is 13.7. The number of halogens is 2. The molecule has 2 rings (SSSR count). The van der Waals surface area contributed by atoms with Crippen molar-refractivity contribution in [2.45, 2.75) is 6.61 Å². The van der Waals surface area contributed by atoms with Crippen molar-refractivity contribution >= 4 is 11.5 Å². The highest BCUT2D eigenvalue weighted by Gasteiger charge is 2.06. The lowest BCUT2D eigenvalue weighted by Crippen LogP contribution is -2.02. The standard InChI is InChI=1S/C12H8F2N4O/c13-12(14)19-10-3-1-9(2-4-10)17-11-8(7-15)5-6-16-18-11/h1-6,12H,(H,17,18). The minimum absolute atomic E-state index is 0.0557. The van der Waals surface area contributed by atoms with Crippen LogP contribution in [0.4, 0.5) is 20.3 Å². The lowest BCUT2D eigenvalue weighted by atomic mass is 10.2. The van der Waals surface area contributed by atoms with E-state index >= 15 is 0 Å². The van der Waals surface area contributed by atoms with Crippen molar-refractivity contribution < 1.29 is 13.5 Å². The third kappa shape index (κ3) is 3.35. The van der Waals surface area contributed by atoms with Gasteiger partial charge < -0.3 is 10.1 Å². The number of nitrogens with zero attached hydrogens (tertiary/aromatic N) is 3. The number of hydrogen-bond donors (Lipinski definition) is 1. The van der Waals surface area contributed by atoms with Crippen molar-refractivity contribution in [2.75, 3.05) is 5.32 Å². The van der Waals surface area contributed by atoms with Gasteiger partial charge in [-0.15, -0.1) is 5.10 Å². The Kier molecular flexibility index (Phi) is 3.83. The third-order valence-electron chi connectivity index (χ3n) is 2.18. The van der Waals surface area contributed by atoms with Gasteiger partial charge in [0.05, 0.1) is 11.8 Å².